The molecule has 0 radical (unpaired) electrons. The van der Waals surface area contributed by atoms with Gasteiger partial charge in [-0.1, -0.05) is 0 Å². The maximum atomic E-state index is 11.4. The lowest BCUT2D eigenvalue weighted by molar-refractivity contribution is 0.0586. The van der Waals surface area contributed by atoms with Crippen LogP contribution in [0.2, 0.25) is 0 Å². The van der Waals surface area contributed by atoms with Crippen molar-refractivity contribution in [3.05, 3.63) is 17.6 Å². The minimum absolute atomic E-state index is 0.105. The molecule has 0 saturated carbocycles. The number of esters is 1. The number of carbonyl (C=O) groups excluding carboxylic acids is 1. The number of nitrogens with one attached hydrogen (secondary N) is 1. The Balaban J connectivity index is 1.99. The molecule has 1 N–H and O–H groups in total. The van der Waals surface area contributed by atoms with Gasteiger partial charge >= 0.3 is 5.97 Å². The molecule has 1 saturated heterocycles. The summed E-state index contributed by atoms with van der Waals surface area (Å²) >= 11 is 0. The maximum Gasteiger partial charge on any atom is 0.376 e. The topological polar surface area (TPSA) is 67.3 Å². The van der Waals surface area contributed by atoms with Gasteiger partial charge in [-0.05, 0) is 32.9 Å². The number of anilines is 1. The van der Waals surface area contributed by atoms with Crippen LogP contribution in [0.1, 0.15) is 22.7 Å². The van der Waals surface area contributed by atoms with Gasteiger partial charge in [-0.15, -0.1) is 0 Å². The van der Waals surface area contributed by atoms with Crippen LogP contribution in [0.25, 0.3) is 0 Å². The van der Waals surface area contributed by atoms with E-state index in [1.807, 2.05) is 13.0 Å². The van der Waals surface area contributed by atoms with Crippen LogP contribution in [0.4, 0.5) is 5.82 Å². The molecule has 1 aliphatic rings. The predicted molar refractivity (Wildman–Crippen MR) is 72.2 cm³/mol. The zero-order chi connectivity index (χ0) is 13.8. The lowest BCUT2D eigenvalue weighted by Gasteiger charge is -2.12. The summed E-state index contributed by atoms with van der Waals surface area (Å²) in [7, 11) is 3.46. The SMILES string of the molecule is COC(=O)c1nc(C)cc(NCC2CCN(C)C2)n1. The lowest BCUT2D eigenvalue weighted by Crippen LogP contribution is -2.20. The number of methoxy groups -OCH3 is 1. The number of hydrogen-bond donors (Lipinski definition) is 1. The second-order valence-corrected chi connectivity index (χ2v) is 5.01. The van der Waals surface area contributed by atoms with Gasteiger partial charge in [0, 0.05) is 24.8 Å². The number of carbonyl (C=O) groups is 1. The highest BCUT2D eigenvalue weighted by molar-refractivity contribution is 5.85. The number of hydrogen-bond acceptors (Lipinski definition) is 6. The highest BCUT2D eigenvalue weighted by Gasteiger charge is 2.19. The fourth-order valence-corrected chi connectivity index (χ4v) is 2.28. The van der Waals surface area contributed by atoms with Gasteiger partial charge < -0.3 is 15.0 Å². The molecular weight excluding hydrogens is 244 g/mol. The van der Waals surface area contributed by atoms with Gasteiger partial charge in [0.05, 0.1) is 7.11 Å². The van der Waals surface area contributed by atoms with Crippen molar-refractivity contribution in [1.82, 2.24) is 14.9 Å². The summed E-state index contributed by atoms with van der Waals surface area (Å²) in [6.07, 6.45) is 1.19. The number of aryl methyl sites for hydroxylation is 1. The molecule has 19 heavy (non-hydrogen) atoms. The van der Waals surface area contributed by atoms with E-state index in [-0.39, 0.29) is 5.82 Å². The van der Waals surface area contributed by atoms with E-state index in [2.05, 4.69) is 32.0 Å². The van der Waals surface area contributed by atoms with Crippen molar-refractivity contribution in [3.8, 4) is 0 Å². The van der Waals surface area contributed by atoms with E-state index in [1.165, 1.54) is 13.5 Å². The van der Waals surface area contributed by atoms with Gasteiger partial charge in [-0.2, -0.15) is 0 Å². The number of ether oxygens (including phenoxy) is 1. The molecule has 1 aliphatic heterocycles. The van der Waals surface area contributed by atoms with Crippen LogP contribution in [-0.2, 0) is 4.74 Å². The van der Waals surface area contributed by atoms with Crippen LogP contribution >= 0.6 is 0 Å². The first-order valence-corrected chi connectivity index (χ1v) is 6.45. The summed E-state index contributed by atoms with van der Waals surface area (Å²) in [4.78, 5) is 22.0. The smallest absolute Gasteiger partial charge is 0.376 e. The molecular formula is C13H20N4O2. The first-order valence-electron chi connectivity index (χ1n) is 6.45. The zero-order valence-electron chi connectivity index (χ0n) is 11.6. The van der Waals surface area contributed by atoms with E-state index in [0.29, 0.717) is 11.7 Å². The van der Waals surface area contributed by atoms with Gasteiger partial charge in [-0.25, -0.2) is 14.8 Å². The van der Waals surface area contributed by atoms with Crippen molar-refractivity contribution >= 4 is 11.8 Å². The standard InChI is InChI=1S/C13H20N4O2/c1-9-6-11(16-12(15-9)13(18)19-3)14-7-10-4-5-17(2)8-10/h6,10H,4-5,7-8H2,1-3H3,(H,14,15,16). The molecule has 1 unspecified atom stereocenters. The van der Waals surface area contributed by atoms with Crippen LogP contribution in [-0.4, -0.2) is 54.6 Å². The lowest BCUT2D eigenvalue weighted by atomic mass is 10.1. The summed E-state index contributed by atoms with van der Waals surface area (Å²) in [5.74, 6) is 0.908. The molecule has 1 atom stereocenters. The van der Waals surface area contributed by atoms with Crippen molar-refractivity contribution in [2.24, 2.45) is 5.92 Å². The van der Waals surface area contributed by atoms with E-state index in [1.54, 1.807) is 0 Å². The summed E-state index contributed by atoms with van der Waals surface area (Å²) in [6, 6.07) is 1.84. The third-order valence-electron chi connectivity index (χ3n) is 3.28. The molecule has 0 amide bonds. The number of rotatable bonds is 4. The first-order chi connectivity index (χ1) is 9.08. The summed E-state index contributed by atoms with van der Waals surface area (Å²) in [5, 5.41) is 3.28. The monoisotopic (exact) mass is 264 g/mol. The Hall–Kier alpha value is -1.69. The molecule has 1 fully saturated rings. The third-order valence-corrected chi connectivity index (χ3v) is 3.28. The van der Waals surface area contributed by atoms with Crippen LogP contribution in [0, 0.1) is 12.8 Å². The number of likely N-dealkylation sites (tertiary alicyclic amines) is 1. The van der Waals surface area contributed by atoms with E-state index in [9.17, 15) is 4.79 Å². The van der Waals surface area contributed by atoms with E-state index < -0.39 is 5.97 Å². The number of aromatic nitrogens is 2. The Labute approximate surface area is 113 Å². The highest BCUT2D eigenvalue weighted by Crippen LogP contribution is 2.15. The molecule has 2 rings (SSSR count). The summed E-state index contributed by atoms with van der Waals surface area (Å²) < 4.78 is 4.64. The van der Waals surface area contributed by atoms with Crippen molar-refractivity contribution < 1.29 is 9.53 Å². The van der Waals surface area contributed by atoms with Crippen LogP contribution < -0.4 is 5.32 Å². The third kappa shape index (κ3) is 3.64. The average Bonchev–Trinajstić information content (AvgIpc) is 2.80. The Morgan fingerprint density at radius 3 is 3.00 bits per heavy atom. The number of nitrogens with zero attached hydrogens (tertiary/aromatic N) is 3. The Bertz CT molecular complexity index is 464. The van der Waals surface area contributed by atoms with Crippen molar-refractivity contribution in [2.45, 2.75) is 13.3 Å². The van der Waals surface area contributed by atoms with E-state index >= 15 is 0 Å². The normalized spacial score (nSPS) is 19.4. The second-order valence-electron chi connectivity index (χ2n) is 5.01. The average molecular weight is 264 g/mol. The Morgan fingerprint density at radius 2 is 2.37 bits per heavy atom. The quantitative estimate of drug-likeness (QED) is 0.816. The van der Waals surface area contributed by atoms with Crippen molar-refractivity contribution in [3.63, 3.8) is 0 Å². The van der Waals surface area contributed by atoms with E-state index in [0.717, 1.165) is 25.3 Å². The molecule has 0 bridgehead atoms. The first kappa shape index (κ1) is 13.7. The van der Waals surface area contributed by atoms with Crippen molar-refractivity contribution in [2.75, 3.05) is 39.1 Å². The predicted octanol–water partition coefficient (Wildman–Crippen LogP) is 0.935. The largest absolute Gasteiger partial charge is 0.463 e. The molecule has 0 aliphatic carbocycles. The minimum Gasteiger partial charge on any atom is -0.463 e. The summed E-state index contributed by atoms with van der Waals surface area (Å²) in [6.45, 7) is 4.94. The fourth-order valence-electron chi connectivity index (χ4n) is 2.28. The summed E-state index contributed by atoms with van der Waals surface area (Å²) in [5.41, 5.74) is 0.751. The second kappa shape index (κ2) is 5.97. The minimum atomic E-state index is -0.507. The molecule has 0 spiro atoms. The Morgan fingerprint density at radius 1 is 1.58 bits per heavy atom. The van der Waals surface area contributed by atoms with Crippen LogP contribution in [0.15, 0.2) is 6.07 Å². The molecule has 1 aromatic heterocycles. The van der Waals surface area contributed by atoms with Crippen LogP contribution in [0.5, 0.6) is 0 Å². The molecule has 2 heterocycles. The highest BCUT2D eigenvalue weighted by atomic mass is 16.5. The van der Waals surface area contributed by atoms with Gasteiger partial charge in [-0.3, -0.25) is 0 Å². The van der Waals surface area contributed by atoms with Gasteiger partial charge in [0.2, 0.25) is 5.82 Å². The molecule has 6 heteroatoms. The maximum absolute atomic E-state index is 11.4. The molecule has 104 valence electrons. The Kier molecular flexibility index (Phi) is 4.31. The van der Waals surface area contributed by atoms with Crippen molar-refractivity contribution in [1.29, 1.82) is 0 Å². The van der Waals surface area contributed by atoms with Gasteiger partial charge in [0.25, 0.3) is 0 Å². The van der Waals surface area contributed by atoms with E-state index in [4.69, 9.17) is 0 Å². The molecule has 0 aromatic carbocycles. The van der Waals surface area contributed by atoms with Gasteiger partial charge in [0.15, 0.2) is 0 Å². The zero-order valence-corrected chi connectivity index (χ0v) is 11.6. The van der Waals surface area contributed by atoms with Gasteiger partial charge in [0.1, 0.15) is 5.82 Å². The molecule has 1 aromatic rings. The van der Waals surface area contributed by atoms with Crippen LogP contribution in [0.3, 0.4) is 0 Å². The molecule has 6 nitrogen and oxygen atoms in total. The fraction of sp³-hybridized carbons (Fsp3) is 0.615.